The van der Waals surface area contributed by atoms with Crippen molar-refractivity contribution in [1.29, 1.82) is 0 Å². The van der Waals surface area contributed by atoms with Crippen LogP contribution < -0.4 is 42.4 Å². The first-order chi connectivity index (χ1) is 36.8. The Balaban J connectivity index is 0.780. The molecule has 0 bridgehead atoms. The van der Waals surface area contributed by atoms with Crippen LogP contribution in [-0.4, -0.2) is 107 Å². The van der Waals surface area contributed by atoms with Gasteiger partial charge in [-0.05, 0) is 79.6 Å². The smallest absolute Gasteiger partial charge is 0.343 e. The number of fused-ring (bicyclic) bond motifs is 5. The van der Waals surface area contributed by atoms with E-state index in [1.165, 1.54) is 34.9 Å². The number of hydrogen-bond acceptors (Lipinski definition) is 14. The number of imide groups is 1. The molecule has 1 unspecified atom stereocenters. The highest BCUT2D eigenvalue weighted by Crippen LogP contribution is 2.48. The first-order valence-corrected chi connectivity index (χ1v) is 24.6. The minimum atomic E-state index is -2.07. The van der Waals surface area contributed by atoms with Crippen molar-refractivity contribution in [3.8, 4) is 11.4 Å². The predicted octanol–water partition coefficient (Wildman–Crippen LogP) is 0.714. The summed E-state index contributed by atoms with van der Waals surface area (Å²) in [6.07, 6.45) is 2.85. The zero-order valence-corrected chi connectivity index (χ0v) is 41.9. The molecular weight excluding hydrogens is 1000 g/mol. The molecule has 23 heteroatoms. The van der Waals surface area contributed by atoms with Crippen LogP contribution in [0.1, 0.15) is 76.0 Å². The number of hydrogen-bond donors (Lipinski definition) is 7. The van der Waals surface area contributed by atoms with Gasteiger partial charge in [0.05, 0.1) is 59.9 Å². The van der Waals surface area contributed by atoms with Gasteiger partial charge < -0.3 is 51.0 Å². The summed E-state index contributed by atoms with van der Waals surface area (Å²) in [5, 5.41) is 27.4. The third kappa shape index (κ3) is 10.4. The van der Waals surface area contributed by atoms with Crippen LogP contribution in [0.4, 0.5) is 10.1 Å². The molecule has 0 radical (unpaired) electrons. The molecule has 0 saturated heterocycles. The van der Waals surface area contributed by atoms with Crippen LogP contribution >= 0.6 is 0 Å². The molecule has 3 aromatic carbocycles. The van der Waals surface area contributed by atoms with E-state index in [1.54, 1.807) is 50.2 Å². The summed E-state index contributed by atoms with van der Waals surface area (Å²) in [6, 6.07) is 16.0. The first kappa shape index (κ1) is 52.9. The number of esters is 1. The van der Waals surface area contributed by atoms with E-state index in [-0.39, 0.29) is 48.4 Å². The summed E-state index contributed by atoms with van der Waals surface area (Å²) in [5.41, 5.74) is 0.802. The van der Waals surface area contributed by atoms with Crippen molar-refractivity contribution < 1.29 is 62.1 Å². The fourth-order valence-electron chi connectivity index (χ4n) is 10.2. The molecule has 22 nitrogen and oxygen atoms in total. The molecule has 3 aliphatic heterocycles. The number of amides is 8. The lowest BCUT2D eigenvalue weighted by Gasteiger charge is -2.38. The highest BCUT2D eigenvalue weighted by atomic mass is 19.1. The van der Waals surface area contributed by atoms with Gasteiger partial charge in [0.25, 0.3) is 23.3 Å². The van der Waals surface area contributed by atoms with Crippen molar-refractivity contribution in [2.45, 2.75) is 76.8 Å². The van der Waals surface area contributed by atoms with Gasteiger partial charge in [-0.3, -0.25) is 43.2 Å². The molecule has 2 aromatic heterocycles. The van der Waals surface area contributed by atoms with Crippen molar-refractivity contribution in [3.05, 3.63) is 140 Å². The van der Waals surface area contributed by atoms with Gasteiger partial charge >= 0.3 is 5.97 Å². The molecule has 77 heavy (non-hydrogen) atoms. The number of cyclic esters (lactones) is 1. The maximum Gasteiger partial charge on any atom is 0.343 e. The number of nitrogens with zero attached hydrogens (tertiary/aromatic N) is 3. The average Bonchev–Trinajstić information content (AvgIpc) is 4.09. The summed E-state index contributed by atoms with van der Waals surface area (Å²) >= 11 is 0. The zero-order chi connectivity index (χ0) is 54.9. The van der Waals surface area contributed by atoms with E-state index < -0.39 is 115 Å². The SMILES string of the molecule is CC[C@@]1(O)C(=O)OCc2c1cc1n(c2=O)Cc2c-1nc1cc(F)c(C)c3c1c2[C@@](C)(NC(=O)COCNC(=O)CNC(=O)C(Cc1ccccc1)NC(=O)CNC(=O)CNC(=O)c1cccc(N2C(=O)C=CC2=O)c1)CC3. The number of rotatable bonds is 18. The van der Waals surface area contributed by atoms with Crippen molar-refractivity contribution in [2.75, 3.05) is 37.9 Å². The van der Waals surface area contributed by atoms with Crippen LogP contribution in [0.3, 0.4) is 0 Å². The van der Waals surface area contributed by atoms with Crippen LogP contribution in [0.15, 0.2) is 83.7 Å². The molecule has 0 saturated carbocycles. The van der Waals surface area contributed by atoms with Crippen LogP contribution in [0.5, 0.6) is 0 Å². The van der Waals surface area contributed by atoms with E-state index in [4.69, 9.17) is 14.5 Å². The number of pyridine rings is 2. The zero-order valence-electron chi connectivity index (χ0n) is 41.9. The second-order valence-corrected chi connectivity index (χ2v) is 19.1. The number of aromatic nitrogens is 2. The molecule has 0 fully saturated rings. The quantitative estimate of drug-likeness (QED) is 0.0270. The van der Waals surface area contributed by atoms with Crippen LogP contribution in [0, 0.1) is 12.7 Å². The second kappa shape index (κ2) is 21.3. The molecule has 8 amide bonds. The maximum atomic E-state index is 15.5. The van der Waals surface area contributed by atoms with Crippen molar-refractivity contribution >= 4 is 69.8 Å². The Morgan fingerprint density at radius 2 is 1.56 bits per heavy atom. The molecule has 4 aliphatic rings. The Bertz CT molecular complexity index is 3440. The largest absolute Gasteiger partial charge is 0.458 e. The number of anilines is 1. The molecule has 5 heterocycles. The normalized spacial score (nSPS) is 18.1. The Kier molecular flexibility index (Phi) is 14.7. The van der Waals surface area contributed by atoms with E-state index in [9.17, 15) is 53.1 Å². The summed E-state index contributed by atoms with van der Waals surface area (Å²) in [6.45, 7) is 2.15. The summed E-state index contributed by atoms with van der Waals surface area (Å²) in [7, 11) is 0. The van der Waals surface area contributed by atoms with Gasteiger partial charge in [-0.25, -0.2) is 19.1 Å². The molecule has 0 spiro atoms. The molecule has 9 rings (SSSR count). The number of aliphatic hydroxyl groups is 1. The minimum Gasteiger partial charge on any atom is -0.458 e. The number of aryl methyl sites for hydroxylation is 1. The number of carbonyl (C=O) groups excluding carboxylic acids is 9. The maximum absolute atomic E-state index is 15.5. The highest BCUT2D eigenvalue weighted by Gasteiger charge is 2.47. The Hall–Kier alpha value is -8.96. The van der Waals surface area contributed by atoms with Gasteiger partial charge in [-0.15, -0.1) is 0 Å². The van der Waals surface area contributed by atoms with E-state index in [2.05, 4.69) is 31.9 Å². The van der Waals surface area contributed by atoms with Crippen LogP contribution in [-0.2, 0) is 85.0 Å². The number of halogens is 1. The third-order valence-electron chi connectivity index (χ3n) is 14.1. The minimum absolute atomic E-state index is 0.00896. The number of carbonyl (C=O) groups is 9. The van der Waals surface area contributed by atoms with E-state index in [0.717, 1.165) is 17.1 Å². The number of benzene rings is 3. The van der Waals surface area contributed by atoms with Gasteiger partial charge in [-0.1, -0.05) is 43.3 Å². The van der Waals surface area contributed by atoms with E-state index in [0.29, 0.717) is 62.9 Å². The highest BCUT2D eigenvalue weighted by molar-refractivity contribution is 6.28. The van der Waals surface area contributed by atoms with Crippen LogP contribution in [0.25, 0.3) is 22.3 Å². The topological polar surface area (TPSA) is 303 Å². The molecule has 398 valence electrons. The first-order valence-electron chi connectivity index (χ1n) is 24.6. The molecule has 3 atom stereocenters. The second-order valence-electron chi connectivity index (χ2n) is 19.1. The van der Waals surface area contributed by atoms with Gasteiger partial charge in [-0.2, -0.15) is 0 Å². The number of ether oxygens (including phenoxy) is 2. The molecular formula is C54H52FN9O13. The average molecular weight is 1050 g/mol. The fraction of sp³-hybridized carbons (Fsp3) is 0.315. The van der Waals surface area contributed by atoms with Crippen molar-refractivity contribution in [2.24, 2.45) is 0 Å². The Labute approximate surface area is 437 Å². The molecule has 1 aliphatic carbocycles. The predicted molar refractivity (Wildman–Crippen MR) is 271 cm³/mol. The molecule has 7 N–H and O–H groups in total. The lowest BCUT2D eigenvalue weighted by molar-refractivity contribution is -0.172. The summed E-state index contributed by atoms with van der Waals surface area (Å²) < 4.78 is 27.7. The fourth-order valence-corrected chi connectivity index (χ4v) is 10.2. The van der Waals surface area contributed by atoms with Gasteiger partial charge in [0.1, 0.15) is 31.8 Å². The lowest BCUT2D eigenvalue weighted by atomic mass is 9.74. The third-order valence-corrected chi connectivity index (χ3v) is 14.1. The Morgan fingerprint density at radius 1 is 0.844 bits per heavy atom. The number of nitrogens with one attached hydrogen (secondary N) is 6. The van der Waals surface area contributed by atoms with Gasteiger partial charge in [0, 0.05) is 46.7 Å². The standard InChI is InChI=1S/C54H52FN9O13/c1-4-54(75)35-19-39-48-33(24-63(39)51(73)34(35)25-77-52(54)74)47-46-32(28(2)36(55)20-37(46)61-48)15-16-53(47,3)62-43(68)26-76-27-59-41(66)22-58-50(72)38(17-29-9-6-5-7-10-29)60-42(67)23-56-40(65)21-57-49(71)30-11-8-12-31(18-30)64-44(69)13-14-45(64)70/h5-14,18-20,38,75H,4,15-17,21-27H2,1-3H3,(H,56,65)(H,57,71)(H,58,72)(H,59,66)(H,60,67)(H,62,68)/t38?,53-,54-/m0/s1. The van der Waals surface area contributed by atoms with Crippen molar-refractivity contribution in [1.82, 2.24) is 41.5 Å². The van der Waals surface area contributed by atoms with Crippen molar-refractivity contribution in [3.63, 3.8) is 0 Å². The Morgan fingerprint density at radius 3 is 2.30 bits per heavy atom. The monoisotopic (exact) mass is 1050 g/mol. The summed E-state index contributed by atoms with van der Waals surface area (Å²) in [5.74, 6) is -6.68. The molecule has 5 aromatic rings. The van der Waals surface area contributed by atoms with Gasteiger partial charge in [0.2, 0.25) is 29.5 Å². The lowest BCUT2D eigenvalue weighted by Crippen LogP contribution is -2.52. The van der Waals surface area contributed by atoms with E-state index in [1.807, 2.05) is 6.92 Å². The van der Waals surface area contributed by atoms with Gasteiger partial charge in [0.15, 0.2) is 5.60 Å². The van der Waals surface area contributed by atoms with Crippen LogP contribution in [0.2, 0.25) is 0 Å². The van der Waals surface area contributed by atoms with E-state index >= 15 is 4.39 Å². The summed E-state index contributed by atoms with van der Waals surface area (Å²) in [4.78, 5) is 135.